The van der Waals surface area contributed by atoms with Crippen LogP contribution in [0.25, 0.3) is 22.3 Å². The largest absolute Gasteiger partial charge is 0.503 e. The summed E-state index contributed by atoms with van der Waals surface area (Å²) in [6, 6.07) is 0.438. The first kappa shape index (κ1) is 21.2. The van der Waals surface area contributed by atoms with Crippen molar-refractivity contribution in [1.82, 2.24) is 19.7 Å². The smallest absolute Gasteiger partial charge is 0.419 e. The van der Waals surface area contributed by atoms with Gasteiger partial charge >= 0.3 is 6.18 Å². The third-order valence-corrected chi connectivity index (χ3v) is 5.36. The number of aryl methyl sites for hydroxylation is 1. The van der Waals surface area contributed by atoms with Crippen LogP contribution in [0, 0.1) is 11.6 Å². The molecular weight excluding hydrogens is 425 g/mol. The molecule has 0 amide bonds. The molecule has 3 heterocycles. The maximum absolute atomic E-state index is 14.5. The van der Waals surface area contributed by atoms with Gasteiger partial charge in [0.2, 0.25) is 5.95 Å². The van der Waals surface area contributed by atoms with Gasteiger partial charge in [0.05, 0.1) is 10.9 Å². The Balaban J connectivity index is 1.82. The summed E-state index contributed by atoms with van der Waals surface area (Å²) in [5, 5.41) is 13.8. The van der Waals surface area contributed by atoms with E-state index in [9.17, 15) is 27.1 Å². The number of aromatic nitrogens is 4. The van der Waals surface area contributed by atoms with E-state index in [0.717, 1.165) is 12.8 Å². The fourth-order valence-electron chi connectivity index (χ4n) is 3.63. The average molecular weight is 443 g/mol. The highest BCUT2D eigenvalue weighted by Gasteiger charge is 2.38. The van der Waals surface area contributed by atoms with Gasteiger partial charge in [0.1, 0.15) is 5.69 Å². The molecular formula is C19H18F5N5O2. The molecule has 0 atom stereocenters. The molecule has 1 aliphatic rings. The van der Waals surface area contributed by atoms with E-state index < -0.39 is 34.7 Å². The summed E-state index contributed by atoms with van der Waals surface area (Å²) in [5.74, 6) is -4.98. The Bertz CT molecular complexity index is 1140. The quantitative estimate of drug-likeness (QED) is 0.623. The van der Waals surface area contributed by atoms with Gasteiger partial charge in [-0.05, 0) is 18.9 Å². The summed E-state index contributed by atoms with van der Waals surface area (Å²) in [7, 11) is 3.31. The topological polar surface area (TPSA) is 76.3 Å². The first-order valence-electron chi connectivity index (χ1n) is 9.38. The Hall–Kier alpha value is -3.02. The maximum atomic E-state index is 14.5. The van der Waals surface area contributed by atoms with E-state index in [0.29, 0.717) is 19.2 Å². The molecule has 0 radical (unpaired) electrons. The second kappa shape index (κ2) is 7.59. The highest BCUT2D eigenvalue weighted by atomic mass is 19.4. The molecule has 0 bridgehead atoms. The van der Waals surface area contributed by atoms with Crippen LogP contribution >= 0.6 is 0 Å². The number of hydrogen-bond acceptors (Lipinski definition) is 6. The number of benzene rings is 1. The minimum atomic E-state index is -5.13. The number of phenolic OH excluding ortho intramolecular Hbond substituents is 1. The minimum Gasteiger partial charge on any atom is -0.503 e. The summed E-state index contributed by atoms with van der Waals surface area (Å²) in [4.78, 5) is 10.6. The van der Waals surface area contributed by atoms with Gasteiger partial charge in [-0.1, -0.05) is 0 Å². The van der Waals surface area contributed by atoms with Gasteiger partial charge in [0, 0.05) is 45.1 Å². The number of aromatic hydroxyl groups is 1. The molecule has 31 heavy (non-hydrogen) atoms. The number of nitrogens with zero attached hydrogens (tertiary/aromatic N) is 5. The van der Waals surface area contributed by atoms with Crippen molar-refractivity contribution in [3.63, 3.8) is 0 Å². The Morgan fingerprint density at radius 3 is 2.52 bits per heavy atom. The molecule has 12 heteroatoms. The van der Waals surface area contributed by atoms with Crippen LogP contribution in [0.2, 0.25) is 0 Å². The van der Waals surface area contributed by atoms with Crippen molar-refractivity contribution in [3.8, 4) is 17.0 Å². The van der Waals surface area contributed by atoms with Crippen molar-refractivity contribution in [2.24, 2.45) is 7.05 Å². The molecule has 3 aromatic rings. The van der Waals surface area contributed by atoms with Gasteiger partial charge in [-0.3, -0.25) is 0 Å². The normalized spacial score (nSPS) is 15.6. The summed E-state index contributed by atoms with van der Waals surface area (Å²) in [6.07, 6.45) is -2.24. The van der Waals surface area contributed by atoms with Crippen molar-refractivity contribution in [1.29, 1.82) is 0 Å². The van der Waals surface area contributed by atoms with E-state index in [2.05, 4.69) is 15.1 Å². The van der Waals surface area contributed by atoms with Gasteiger partial charge < -0.3 is 14.7 Å². The Labute approximate surface area is 173 Å². The van der Waals surface area contributed by atoms with Crippen LogP contribution in [-0.4, -0.2) is 51.2 Å². The first-order valence-corrected chi connectivity index (χ1v) is 9.38. The van der Waals surface area contributed by atoms with Crippen LogP contribution < -0.4 is 4.90 Å². The highest BCUT2D eigenvalue weighted by molar-refractivity contribution is 5.91. The Morgan fingerprint density at radius 1 is 1.19 bits per heavy atom. The molecule has 0 unspecified atom stereocenters. The second-order valence-electron chi connectivity index (χ2n) is 7.28. The minimum absolute atomic E-state index is 0.153. The van der Waals surface area contributed by atoms with Gasteiger partial charge in [0.15, 0.2) is 23.0 Å². The predicted molar refractivity (Wildman–Crippen MR) is 101 cm³/mol. The van der Waals surface area contributed by atoms with Crippen LogP contribution in [0.3, 0.4) is 0 Å². The van der Waals surface area contributed by atoms with Crippen LogP contribution in [0.1, 0.15) is 18.4 Å². The number of halogens is 5. The number of rotatable bonds is 3. The molecule has 0 aliphatic carbocycles. The number of fused-ring (bicyclic) bond motifs is 1. The molecule has 1 aliphatic heterocycles. The molecule has 1 fully saturated rings. The van der Waals surface area contributed by atoms with Crippen molar-refractivity contribution < 1.29 is 31.8 Å². The lowest BCUT2D eigenvalue weighted by Gasteiger charge is -2.31. The molecule has 1 aromatic carbocycles. The number of hydrogen-bond donors (Lipinski definition) is 1. The van der Waals surface area contributed by atoms with E-state index in [4.69, 9.17) is 4.74 Å². The zero-order chi connectivity index (χ0) is 22.5. The monoisotopic (exact) mass is 443 g/mol. The molecule has 1 N–H and O–H groups in total. The van der Waals surface area contributed by atoms with Crippen molar-refractivity contribution >= 4 is 17.0 Å². The average Bonchev–Trinajstić information content (AvgIpc) is 3.07. The number of alkyl halides is 3. The molecule has 7 nitrogen and oxygen atoms in total. The lowest BCUT2D eigenvalue weighted by atomic mass is 10.0. The zero-order valence-corrected chi connectivity index (χ0v) is 16.5. The van der Waals surface area contributed by atoms with Gasteiger partial charge in [0.25, 0.3) is 0 Å². The summed E-state index contributed by atoms with van der Waals surface area (Å²) < 4.78 is 74.4. The van der Waals surface area contributed by atoms with Crippen LogP contribution in [0.15, 0.2) is 12.3 Å². The standard InChI is InChI=1S/C19H18F5N5O2/c1-28(9-3-5-31-6-4-9)18-25-8-11-15(27-29(2)17(11)26-18)10-7-12(19(22,23)24)14(21)16(30)13(10)20/h7-9,30H,3-6H2,1-2H3. The first-order chi connectivity index (χ1) is 14.6. The van der Waals surface area contributed by atoms with Crippen molar-refractivity contribution in [2.75, 3.05) is 25.2 Å². The Kier molecular flexibility index (Phi) is 5.20. The number of anilines is 1. The van der Waals surface area contributed by atoms with Gasteiger partial charge in [-0.2, -0.15) is 23.3 Å². The third-order valence-electron chi connectivity index (χ3n) is 5.36. The number of phenols is 1. The van der Waals surface area contributed by atoms with E-state index >= 15 is 0 Å². The lowest BCUT2D eigenvalue weighted by Crippen LogP contribution is -2.37. The maximum Gasteiger partial charge on any atom is 0.419 e. The summed E-state index contributed by atoms with van der Waals surface area (Å²) in [6.45, 7) is 1.23. The van der Waals surface area contributed by atoms with Gasteiger partial charge in [-0.15, -0.1) is 0 Å². The molecule has 0 saturated carbocycles. The molecule has 4 rings (SSSR count). The molecule has 166 valence electrons. The summed E-state index contributed by atoms with van der Waals surface area (Å²) in [5.41, 5.74) is -2.49. The van der Waals surface area contributed by atoms with Crippen LogP contribution in [0.5, 0.6) is 5.75 Å². The fraction of sp³-hybridized carbons (Fsp3) is 0.421. The highest BCUT2D eigenvalue weighted by Crippen LogP contribution is 2.41. The van der Waals surface area contributed by atoms with Crippen LogP contribution in [0.4, 0.5) is 27.9 Å². The van der Waals surface area contributed by atoms with Gasteiger partial charge in [-0.25, -0.2) is 18.4 Å². The molecule has 2 aromatic heterocycles. The molecule has 1 saturated heterocycles. The van der Waals surface area contributed by atoms with E-state index in [1.807, 2.05) is 11.9 Å². The number of ether oxygens (including phenoxy) is 1. The fourth-order valence-corrected chi connectivity index (χ4v) is 3.63. The van der Waals surface area contributed by atoms with Crippen molar-refractivity contribution in [3.05, 3.63) is 29.5 Å². The summed E-state index contributed by atoms with van der Waals surface area (Å²) >= 11 is 0. The SMILES string of the molecule is CN(c1ncc2c(-c3cc(C(F)(F)F)c(F)c(O)c3F)nn(C)c2n1)C1CCOCC1. The van der Waals surface area contributed by atoms with E-state index in [1.165, 1.54) is 17.9 Å². The molecule has 0 spiro atoms. The van der Waals surface area contributed by atoms with Crippen LogP contribution in [-0.2, 0) is 18.0 Å². The lowest BCUT2D eigenvalue weighted by molar-refractivity contribution is -0.140. The van der Waals surface area contributed by atoms with Crippen molar-refractivity contribution in [2.45, 2.75) is 25.1 Å². The third kappa shape index (κ3) is 3.64. The predicted octanol–water partition coefficient (Wildman–Crippen LogP) is 3.65. The Morgan fingerprint density at radius 2 is 1.87 bits per heavy atom. The second-order valence-corrected chi connectivity index (χ2v) is 7.28. The van der Waals surface area contributed by atoms with E-state index in [-0.39, 0.29) is 28.8 Å². The zero-order valence-electron chi connectivity index (χ0n) is 16.5. The van der Waals surface area contributed by atoms with E-state index in [1.54, 1.807) is 0 Å².